The Kier molecular flexibility index (Phi) is 3.63. The van der Waals surface area contributed by atoms with Gasteiger partial charge in [0.15, 0.2) is 0 Å². The predicted molar refractivity (Wildman–Crippen MR) is 71.0 cm³/mol. The molecule has 0 aliphatic carbocycles. The Morgan fingerprint density at radius 2 is 2.12 bits per heavy atom. The Bertz CT molecular complexity index is 470. The maximum atomic E-state index is 6.17. The van der Waals surface area contributed by atoms with Crippen LogP contribution in [0.15, 0.2) is 39.5 Å². The normalized spacial score (nSPS) is 12.4. The number of hydrogen-bond acceptors (Lipinski definition) is 3. The third kappa shape index (κ3) is 2.29. The fraction of sp³-hybridized carbons (Fsp3) is 0.167. The van der Waals surface area contributed by atoms with Crippen molar-refractivity contribution in [1.82, 2.24) is 0 Å². The minimum atomic E-state index is -0.0755. The molecular formula is C12H12BrNOS. The lowest BCUT2D eigenvalue weighted by Crippen LogP contribution is -2.10. The van der Waals surface area contributed by atoms with Gasteiger partial charge >= 0.3 is 0 Å². The first-order valence-corrected chi connectivity index (χ1v) is 6.57. The van der Waals surface area contributed by atoms with Crippen molar-refractivity contribution in [3.8, 4) is 5.75 Å². The molecule has 0 unspecified atom stereocenters. The SMILES string of the molecule is COc1ccc([C@@H](N)c2ccsc2)cc1Br. The van der Waals surface area contributed by atoms with Gasteiger partial charge in [0.1, 0.15) is 5.75 Å². The molecule has 1 heterocycles. The lowest BCUT2D eigenvalue weighted by Gasteiger charge is -2.12. The van der Waals surface area contributed by atoms with E-state index in [0.717, 1.165) is 21.3 Å². The molecule has 16 heavy (non-hydrogen) atoms. The second-order valence-electron chi connectivity index (χ2n) is 3.43. The summed E-state index contributed by atoms with van der Waals surface area (Å²) in [6, 6.07) is 7.89. The van der Waals surface area contributed by atoms with Crippen LogP contribution < -0.4 is 10.5 Å². The number of ether oxygens (including phenoxy) is 1. The number of methoxy groups -OCH3 is 1. The molecule has 0 spiro atoms. The van der Waals surface area contributed by atoms with Crippen LogP contribution in [-0.2, 0) is 0 Å². The molecule has 0 amide bonds. The van der Waals surface area contributed by atoms with E-state index < -0.39 is 0 Å². The summed E-state index contributed by atoms with van der Waals surface area (Å²) in [6.07, 6.45) is 0. The lowest BCUT2D eigenvalue weighted by atomic mass is 10.0. The van der Waals surface area contributed by atoms with Gasteiger partial charge in [0.25, 0.3) is 0 Å². The summed E-state index contributed by atoms with van der Waals surface area (Å²) in [5.41, 5.74) is 8.38. The summed E-state index contributed by atoms with van der Waals surface area (Å²) in [5, 5.41) is 4.11. The highest BCUT2D eigenvalue weighted by Crippen LogP contribution is 2.30. The van der Waals surface area contributed by atoms with E-state index in [1.54, 1.807) is 18.4 Å². The maximum Gasteiger partial charge on any atom is 0.133 e. The zero-order valence-electron chi connectivity index (χ0n) is 8.81. The minimum Gasteiger partial charge on any atom is -0.496 e. The van der Waals surface area contributed by atoms with Crippen LogP contribution in [0, 0.1) is 0 Å². The van der Waals surface area contributed by atoms with E-state index in [9.17, 15) is 0 Å². The second-order valence-corrected chi connectivity index (χ2v) is 5.06. The highest BCUT2D eigenvalue weighted by molar-refractivity contribution is 9.10. The summed E-state index contributed by atoms with van der Waals surface area (Å²) in [4.78, 5) is 0. The van der Waals surface area contributed by atoms with E-state index in [-0.39, 0.29) is 6.04 Å². The van der Waals surface area contributed by atoms with Gasteiger partial charge in [-0.1, -0.05) is 6.07 Å². The molecule has 0 aliphatic heterocycles. The zero-order valence-corrected chi connectivity index (χ0v) is 11.2. The van der Waals surface area contributed by atoms with Crippen LogP contribution in [0.1, 0.15) is 17.2 Å². The van der Waals surface area contributed by atoms with E-state index in [1.165, 1.54) is 0 Å². The van der Waals surface area contributed by atoms with Crippen LogP contribution in [0.2, 0.25) is 0 Å². The van der Waals surface area contributed by atoms with Crippen molar-refractivity contribution in [3.63, 3.8) is 0 Å². The largest absolute Gasteiger partial charge is 0.496 e. The molecule has 1 atom stereocenters. The zero-order chi connectivity index (χ0) is 11.5. The minimum absolute atomic E-state index is 0.0755. The van der Waals surface area contributed by atoms with Crippen molar-refractivity contribution in [1.29, 1.82) is 0 Å². The van der Waals surface area contributed by atoms with Crippen LogP contribution in [0.3, 0.4) is 0 Å². The molecule has 2 aromatic rings. The second kappa shape index (κ2) is 4.99. The smallest absolute Gasteiger partial charge is 0.133 e. The first-order chi connectivity index (χ1) is 7.72. The van der Waals surface area contributed by atoms with E-state index >= 15 is 0 Å². The average molecular weight is 298 g/mol. The third-order valence-electron chi connectivity index (χ3n) is 2.44. The highest BCUT2D eigenvalue weighted by Gasteiger charge is 2.11. The third-order valence-corrected chi connectivity index (χ3v) is 3.76. The summed E-state index contributed by atoms with van der Waals surface area (Å²) in [5.74, 6) is 0.821. The monoisotopic (exact) mass is 297 g/mol. The van der Waals surface area contributed by atoms with Crippen LogP contribution in [0.4, 0.5) is 0 Å². The van der Waals surface area contributed by atoms with E-state index in [4.69, 9.17) is 10.5 Å². The van der Waals surface area contributed by atoms with Crippen LogP contribution >= 0.6 is 27.3 Å². The predicted octanol–water partition coefficient (Wildman–Crippen LogP) is 3.57. The Morgan fingerprint density at radius 1 is 1.31 bits per heavy atom. The van der Waals surface area contributed by atoms with Gasteiger partial charge < -0.3 is 10.5 Å². The van der Waals surface area contributed by atoms with Crippen molar-refractivity contribution in [2.45, 2.75) is 6.04 Å². The number of halogens is 1. The molecule has 0 saturated heterocycles. The van der Waals surface area contributed by atoms with Gasteiger partial charge in [0.2, 0.25) is 0 Å². The number of hydrogen-bond donors (Lipinski definition) is 1. The fourth-order valence-corrected chi connectivity index (χ4v) is 2.78. The van der Waals surface area contributed by atoms with Gasteiger partial charge in [-0.3, -0.25) is 0 Å². The fourth-order valence-electron chi connectivity index (χ4n) is 1.52. The molecule has 0 aliphatic rings. The van der Waals surface area contributed by atoms with Crippen molar-refractivity contribution < 1.29 is 4.74 Å². The Morgan fingerprint density at radius 3 is 2.69 bits per heavy atom. The molecule has 0 radical (unpaired) electrons. The maximum absolute atomic E-state index is 6.17. The molecular weight excluding hydrogens is 286 g/mol. The van der Waals surface area contributed by atoms with Gasteiger partial charge in [-0.05, 0) is 56.0 Å². The summed E-state index contributed by atoms with van der Waals surface area (Å²) in [7, 11) is 1.65. The molecule has 2 rings (SSSR count). The number of nitrogens with two attached hydrogens (primary N) is 1. The van der Waals surface area contributed by atoms with Gasteiger partial charge in [0.05, 0.1) is 17.6 Å². The molecule has 0 saturated carbocycles. The van der Waals surface area contributed by atoms with E-state index in [0.29, 0.717) is 0 Å². The molecule has 0 fully saturated rings. The molecule has 4 heteroatoms. The summed E-state index contributed by atoms with van der Waals surface area (Å²) < 4.78 is 6.11. The molecule has 1 aromatic heterocycles. The van der Waals surface area contributed by atoms with Crippen LogP contribution in [-0.4, -0.2) is 7.11 Å². The Balaban J connectivity index is 2.31. The van der Waals surface area contributed by atoms with Gasteiger partial charge in [0, 0.05) is 0 Å². The Labute approximate surface area is 107 Å². The highest BCUT2D eigenvalue weighted by atomic mass is 79.9. The van der Waals surface area contributed by atoms with Crippen LogP contribution in [0.25, 0.3) is 0 Å². The average Bonchev–Trinajstić information content (AvgIpc) is 2.81. The van der Waals surface area contributed by atoms with Crippen molar-refractivity contribution in [2.75, 3.05) is 7.11 Å². The van der Waals surface area contributed by atoms with Gasteiger partial charge in [-0.15, -0.1) is 0 Å². The number of rotatable bonds is 3. The van der Waals surface area contributed by atoms with Crippen LogP contribution in [0.5, 0.6) is 5.75 Å². The summed E-state index contributed by atoms with van der Waals surface area (Å²) in [6.45, 7) is 0. The van der Waals surface area contributed by atoms with E-state index in [2.05, 4.69) is 21.3 Å². The van der Waals surface area contributed by atoms with E-state index in [1.807, 2.05) is 29.6 Å². The lowest BCUT2D eigenvalue weighted by molar-refractivity contribution is 0.412. The first kappa shape index (κ1) is 11.6. The number of benzene rings is 1. The molecule has 2 nitrogen and oxygen atoms in total. The number of thiophene rings is 1. The topological polar surface area (TPSA) is 35.2 Å². The molecule has 2 N–H and O–H groups in total. The first-order valence-electron chi connectivity index (χ1n) is 4.83. The molecule has 0 bridgehead atoms. The molecule has 1 aromatic carbocycles. The summed E-state index contributed by atoms with van der Waals surface area (Å²) >= 11 is 5.12. The van der Waals surface area contributed by atoms with Crippen molar-refractivity contribution >= 4 is 27.3 Å². The molecule has 84 valence electrons. The van der Waals surface area contributed by atoms with Gasteiger partial charge in [-0.2, -0.15) is 11.3 Å². The quantitative estimate of drug-likeness (QED) is 0.940. The van der Waals surface area contributed by atoms with Gasteiger partial charge in [-0.25, -0.2) is 0 Å². The Hall–Kier alpha value is -0.840. The van der Waals surface area contributed by atoms with Crippen molar-refractivity contribution in [3.05, 3.63) is 50.6 Å². The van der Waals surface area contributed by atoms with Crippen molar-refractivity contribution in [2.24, 2.45) is 5.73 Å². The standard InChI is InChI=1S/C12H12BrNOS/c1-15-11-3-2-8(6-10(11)13)12(14)9-4-5-16-7-9/h2-7,12H,14H2,1H3/t12-/m1/s1.